The maximum Gasteiger partial charge on any atom is 0.328 e. The molecule has 146 valence electrons. The van der Waals surface area contributed by atoms with Gasteiger partial charge >= 0.3 is 11.9 Å². The largest absolute Gasteiger partial charge is 0.478 e. The Labute approximate surface area is 163 Å². The van der Waals surface area contributed by atoms with Crippen LogP contribution in [-0.4, -0.2) is 38.4 Å². The van der Waals surface area contributed by atoms with Gasteiger partial charge in [-0.15, -0.1) is 0 Å². The van der Waals surface area contributed by atoms with Crippen molar-refractivity contribution in [3.8, 4) is 0 Å². The number of pyridine rings is 1. The Bertz CT molecular complexity index is 932. The minimum absolute atomic E-state index is 0.558. The van der Waals surface area contributed by atoms with Gasteiger partial charge < -0.3 is 10.2 Å². The number of hydrogen-bond acceptors (Lipinski definition) is 4. The lowest BCUT2D eigenvalue weighted by Gasteiger charge is -2.28. The van der Waals surface area contributed by atoms with Crippen molar-refractivity contribution in [2.45, 2.75) is 13.8 Å². The van der Waals surface area contributed by atoms with Gasteiger partial charge in [0.2, 0.25) is 0 Å². The summed E-state index contributed by atoms with van der Waals surface area (Å²) in [6.07, 6.45) is 6.93. The van der Waals surface area contributed by atoms with Crippen molar-refractivity contribution in [3.05, 3.63) is 73.2 Å². The molecule has 0 fully saturated rings. The lowest BCUT2D eigenvalue weighted by atomic mass is 10.2. The highest BCUT2D eigenvalue weighted by molar-refractivity contribution is 5.89. The number of nitrogens with zero attached hydrogens (tertiary/aromatic N) is 3. The fourth-order valence-corrected chi connectivity index (χ4v) is 2.60. The molecule has 0 aliphatic carbocycles. The summed E-state index contributed by atoms with van der Waals surface area (Å²) >= 11 is 0. The minimum atomic E-state index is -1.26. The molecule has 2 aromatic heterocycles. The van der Waals surface area contributed by atoms with Gasteiger partial charge in [0.1, 0.15) is 0 Å². The molecule has 2 N–H and O–H groups in total. The average molecular weight is 381 g/mol. The number of anilines is 1. The maximum absolute atomic E-state index is 9.55. The van der Waals surface area contributed by atoms with E-state index in [4.69, 9.17) is 10.2 Å². The van der Waals surface area contributed by atoms with Crippen LogP contribution in [0.5, 0.6) is 0 Å². The number of benzene rings is 1. The third-order valence-corrected chi connectivity index (χ3v) is 3.71. The van der Waals surface area contributed by atoms with Crippen LogP contribution >= 0.6 is 0 Å². The van der Waals surface area contributed by atoms with Crippen LogP contribution in [0.2, 0.25) is 0 Å². The number of carbonyl (C=O) groups is 2. The number of carboxylic acids is 2. The summed E-state index contributed by atoms with van der Waals surface area (Å²) < 4.78 is 2.23. The van der Waals surface area contributed by atoms with Gasteiger partial charge in [0.15, 0.2) is 0 Å². The van der Waals surface area contributed by atoms with Crippen molar-refractivity contribution in [1.82, 2.24) is 9.66 Å². The number of carboxylic acid groups (broad SMARTS) is 2. The first kappa shape index (κ1) is 20.7. The standard InChI is InChI=1S/C17H19N3.C4H4O4/c1-14(2)13-20(16-7-10-18-11-8-16)19-12-9-15-5-3-4-6-17(15)19;5-3(6)1-2-4(7)8/h3-12,14H,13H2,1-2H3;1-2H,(H,5,6)(H,7,8)/b;2-1-. The molecular weight excluding hydrogens is 358 g/mol. The van der Waals surface area contributed by atoms with E-state index in [1.807, 2.05) is 12.4 Å². The van der Waals surface area contributed by atoms with Gasteiger partial charge in [0.05, 0.1) is 11.2 Å². The molecular formula is C21H23N3O4. The minimum Gasteiger partial charge on any atom is -0.478 e. The predicted octanol–water partition coefficient (Wildman–Crippen LogP) is 3.67. The second-order valence-electron chi connectivity index (χ2n) is 6.41. The zero-order chi connectivity index (χ0) is 20.5. The molecule has 3 rings (SSSR count). The van der Waals surface area contributed by atoms with Crippen molar-refractivity contribution in [2.24, 2.45) is 5.92 Å². The van der Waals surface area contributed by atoms with Crippen molar-refractivity contribution in [2.75, 3.05) is 11.6 Å². The number of para-hydroxylation sites is 1. The summed E-state index contributed by atoms with van der Waals surface area (Å²) in [5.74, 6) is -1.94. The van der Waals surface area contributed by atoms with E-state index < -0.39 is 11.9 Å². The molecule has 3 aromatic rings. The molecule has 0 aliphatic rings. The van der Waals surface area contributed by atoms with Crippen LogP contribution in [0.15, 0.2) is 73.2 Å². The first-order valence-corrected chi connectivity index (χ1v) is 8.76. The number of rotatable bonds is 6. The molecule has 1 aromatic carbocycles. The van der Waals surface area contributed by atoms with Crippen molar-refractivity contribution in [3.63, 3.8) is 0 Å². The molecule has 0 aliphatic heterocycles. The topological polar surface area (TPSA) is 95.7 Å². The second kappa shape index (κ2) is 9.91. The average Bonchev–Trinajstić information content (AvgIpc) is 3.09. The first-order valence-electron chi connectivity index (χ1n) is 8.76. The summed E-state index contributed by atoms with van der Waals surface area (Å²) in [6, 6.07) is 14.7. The van der Waals surface area contributed by atoms with Gasteiger partial charge in [-0.2, -0.15) is 0 Å². The summed E-state index contributed by atoms with van der Waals surface area (Å²) in [4.78, 5) is 23.2. The number of aliphatic carboxylic acids is 2. The van der Waals surface area contributed by atoms with Gasteiger partial charge in [0, 0.05) is 42.7 Å². The van der Waals surface area contributed by atoms with Crippen molar-refractivity contribution < 1.29 is 19.8 Å². The SMILES string of the molecule is CC(C)CN(c1ccncc1)n1ccc2ccccc21.O=C(O)/C=C\C(=O)O. The number of aromatic nitrogens is 2. The Kier molecular flexibility index (Phi) is 7.33. The van der Waals surface area contributed by atoms with Gasteiger partial charge in [-0.1, -0.05) is 32.0 Å². The second-order valence-corrected chi connectivity index (χ2v) is 6.41. The lowest BCUT2D eigenvalue weighted by Crippen LogP contribution is -2.32. The van der Waals surface area contributed by atoms with E-state index in [1.165, 1.54) is 10.9 Å². The highest BCUT2D eigenvalue weighted by atomic mass is 16.4. The Morgan fingerprint density at radius 1 is 1.04 bits per heavy atom. The lowest BCUT2D eigenvalue weighted by molar-refractivity contribution is -0.134. The van der Waals surface area contributed by atoms with E-state index in [9.17, 15) is 9.59 Å². The molecule has 0 radical (unpaired) electrons. The zero-order valence-electron chi connectivity index (χ0n) is 15.8. The molecule has 0 spiro atoms. The Hall–Kier alpha value is -3.61. The fraction of sp³-hybridized carbons (Fsp3) is 0.190. The third-order valence-electron chi connectivity index (χ3n) is 3.71. The third kappa shape index (κ3) is 5.98. The van der Waals surface area contributed by atoms with E-state index in [2.05, 4.69) is 77.2 Å². The van der Waals surface area contributed by atoms with Crippen LogP contribution < -0.4 is 5.01 Å². The molecule has 0 saturated carbocycles. The van der Waals surface area contributed by atoms with Crippen molar-refractivity contribution >= 4 is 28.5 Å². The van der Waals surface area contributed by atoms with Gasteiger partial charge in [-0.3, -0.25) is 14.7 Å². The molecule has 7 heteroatoms. The van der Waals surface area contributed by atoms with Crippen molar-refractivity contribution in [1.29, 1.82) is 0 Å². The highest BCUT2D eigenvalue weighted by Gasteiger charge is 2.12. The van der Waals surface area contributed by atoms with Crippen LogP contribution in [0.25, 0.3) is 10.9 Å². The van der Waals surface area contributed by atoms with Gasteiger partial charge in [-0.05, 0) is 30.2 Å². The quantitative estimate of drug-likeness (QED) is 0.633. The molecule has 7 nitrogen and oxygen atoms in total. The van der Waals surface area contributed by atoms with Crippen LogP contribution in [-0.2, 0) is 9.59 Å². The van der Waals surface area contributed by atoms with Crippen LogP contribution in [0.4, 0.5) is 5.69 Å². The molecule has 0 bridgehead atoms. The number of hydrogen-bond donors (Lipinski definition) is 2. The highest BCUT2D eigenvalue weighted by Crippen LogP contribution is 2.22. The first-order chi connectivity index (χ1) is 13.4. The summed E-state index contributed by atoms with van der Waals surface area (Å²) in [6.45, 7) is 5.43. The van der Waals surface area contributed by atoms with E-state index in [0.717, 1.165) is 12.2 Å². The van der Waals surface area contributed by atoms with E-state index in [-0.39, 0.29) is 0 Å². The summed E-state index contributed by atoms with van der Waals surface area (Å²) in [5.41, 5.74) is 2.39. The summed E-state index contributed by atoms with van der Waals surface area (Å²) in [5, 5.41) is 19.2. The predicted molar refractivity (Wildman–Crippen MR) is 108 cm³/mol. The van der Waals surface area contributed by atoms with E-state index in [1.54, 1.807) is 0 Å². The van der Waals surface area contributed by atoms with Crippen LogP contribution in [0.3, 0.4) is 0 Å². The molecule has 2 heterocycles. The van der Waals surface area contributed by atoms with Crippen LogP contribution in [0, 0.1) is 5.92 Å². The zero-order valence-corrected chi connectivity index (χ0v) is 15.8. The molecule has 0 saturated heterocycles. The monoisotopic (exact) mass is 381 g/mol. The smallest absolute Gasteiger partial charge is 0.328 e. The van der Waals surface area contributed by atoms with E-state index in [0.29, 0.717) is 18.1 Å². The number of fused-ring (bicyclic) bond motifs is 1. The molecule has 28 heavy (non-hydrogen) atoms. The fourth-order valence-electron chi connectivity index (χ4n) is 2.60. The van der Waals surface area contributed by atoms with E-state index >= 15 is 0 Å². The normalized spacial score (nSPS) is 10.7. The van der Waals surface area contributed by atoms with Gasteiger partial charge in [-0.25, -0.2) is 9.59 Å². The Morgan fingerprint density at radius 2 is 1.64 bits per heavy atom. The van der Waals surface area contributed by atoms with Crippen LogP contribution in [0.1, 0.15) is 13.8 Å². The maximum atomic E-state index is 9.55. The summed E-state index contributed by atoms with van der Waals surface area (Å²) in [7, 11) is 0. The molecule has 0 unspecified atom stereocenters. The van der Waals surface area contributed by atoms with Gasteiger partial charge in [0.25, 0.3) is 0 Å². The Morgan fingerprint density at radius 3 is 2.21 bits per heavy atom. The Balaban J connectivity index is 0.000000300. The molecule has 0 amide bonds. The molecule has 0 atom stereocenters.